The van der Waals surface area contributed by atoms with Gasteiger partial charge in [-0.15, -0.1) is 0 Å². The van der Waals surface area contributed by atoms with Crippen molar-refractivity contribution in [3.05, 3.63) is 58.9 Å². The highest BCUT2D eigenvalue weighted by Gasteiger charge is 2.22. The fourth-order valence-electron chi connectivity index (χ4n) is 4.50. The summed E-state index contributed by atoms with van der Waals surface area (Å²) in [6.07, 6.45) is 10.6. The van der Waals surface area contributed by atoms with Gasteiger partial charge in [-0.2, -0.15) is 0 Å². The van der Waals surface area contributed by atoms with Crippen molar-refractivity contribution in [2.24, 2.45) is 4.99 Å². The van der Waals surface area contributed by atoms with Crippen LogP contribution in [0.1, 0.15) is 35.1 Å². The van der Waals surface area contributed by atoms with Crippen molar-refractivity contribution < 1.29 is 0 Å². The molecule has 0 saturated heterocycles. The number of nitrogens with zero attached hydrogens (tertiary/aromatic N) is 3. The lowest BCUT2D eigenvalue weighted by Gasteiger charge is -2.21. The predicted octanol–water partition coefficient (Wildman–Crippen LogP) is 4.59. The second-order valence-corrected chi connectivity index (χ2v) is 7.27. The molecule has 0 fully saturated rings. The standard InChI is InChI=1S/C22H18N4/c1-2-4-17-16(3-1)20-18-7-8-24-19(18)12-25-22(20)26-21(17)13-5-6-14-10-23-11-15(14)9-13/h5-9,11-12,24H,1-4,10H2. The van der Waals surface area contributed by atoms with Crippen LogP contribution in [0.4, 0.5) is 0 Å². The Morgan fingerprint density at radius 1 is 1.00 bits per heavy atom. The van der Waals surface area contributed by atoms with E-state index in [1.807, 2.05) is 18.6 Å². The van der Waals surface area contributed by atoms with Gasteiger partial charge in [-0.1, -0.05) is 12.1 Å². The number of aromatic amines is 1. The number of aromatic nitrogens is 3. The van der Waals surface area contributed by atoms with Crippen molar-refractivity contribution in [2.45, 2.75) is 32.2 Å². The summed E-state index contributed by atoms with van der Waals surface area (Å²) < 4.78 is 0. The molecule has 1 N–H and O–H groups in total. The molecule has 0 unspecified atom stereocenters. The monoisotopic (exact) mass is 338 g/mol. The van der Waals surface area contributed by atoms with Gasteiger partial charge >= 0.3 is 0 Å². The van der Waals surface area contributed by atoms with Gasteiger partial charge in [-0.3, -0.25) is 4.99 Å². The summed E-state index contributed by atoms with van der Waals surface area (Å²) >= 11 is 0. The lowest BCUT2D eigenvalue weighted by atomic mass is 9.86. The molecule has 6 rings (SSSR count). The average Bonchev–Trinajstić information content (AvgIpc) is 3.35. The Labute approximate surface area is 151 Å². The molecule has 0 radical (unpaired) electrons. The lowest BCUT2D eigenvalue weighted by Crippen LogP contribution is -2.08. The molecule has 0 bridgehead atoms. The van der Waals surface area contributed by atoms with Gasteiger partial charge in [-0.05, 0) is 60.1 Å². The van der Waals surface area contributed by atoms with E-state index in [9.17, 15) is 0 Å². The van der Waals surface area contributed by atoms with Gasteiger partial charge < -0.3 is 4.98 Å². The highest BCUT2D eigenvalue weighted by Crippen LogP contribution is 2.37. The third-order valence-electron chi connectivity index (χ3n) is 5.77. The smallest absolute Gasteiger partial charge is 0.160 e. The number of aryl methyl sites for hydroxylation is 1. The summed E-state index contributed by atoms with van der Waals surface area (Å²) in [6.45, 7) is 0.798. The Balaban J connectivity index is 1.69. The van der Waals surface area contributed by atoms with Gasteiger partial charge in [0.2, 0.25) is 0 Å². The summed E-state index contributed by atoms with van der Waals surface area (Å²) in [6, 6.07) is 8.79. The van der Waals surface area contributed by atoms with E-state index in [0.29, 0.717) is 0 Å². The quantitative estimate of drug-likeness (QED) is 0.552. The number of nitrogens with one attached hydrogen (secondary N) is 1. The first-order valence-corrected chi connectivity index (χ1v) is 9.29. The number of hydrogen-bond acceptors (Lipinski definition) is 3. The number of rotatable bonds is 1. The molecular weight excluding hydrogens is 320 g/mol. The first-order chi connectivity index (χ1) is 12.9. The van der Waals surface area contributed by atoms with E-state index in [0.717, 1.165) is 36.2 Å². The maximum absolute atomic E-state index is 5.04. The molecule has 2 aliphatic rings. The molecule has 1 aliphatic heterocycles. The minimum absolute atomic E-state index is 0.798. The van der Waals surface area contributed by atoms with Crippen molar-refractivity contribution in [1.29, 1.82) is 0 Å². The fourth-order valence-corrected chi connectivity index (χ4v) is 4.50. The van der Waals surface area contributed by atoms with Gasteiger partial charge in [0, 0.05) is 28.7 Å². The average molecular weight is 338 g/mol. The Bertz CT molecular complexity index is 1220. The number of aliphatic imine (C=N–C) groups is 1. The number of benzene rings is 1. The molecule has 4 nitrogen and oxygen atoms in total. The number of hydrogen-bond donors (Lipinski definition) is 1. The van der Waals surface area contributed by atoms with Crippen molar-refractivity contribution in [3.63, 3.8) is 0 Å². The minimum atomic E-state index is 0.798. The van der Waals surface area contributed by atoms with Gasteiger partial charge in [0.05, 0.1) is 24.0 Å². The molecular formula is C22H18N4. The second-order valence-electron chi connectivity index (χ2n) is 7.27. The normalized spacial score (nSPS) is 15.5. The zero-order valence-electron chi connectivity index (χ0n) is 14.4. The summed E-state index contributed by atoms with van der Waals surface area (Å²) in [5.41, 5.74) is 9.64. The lowest BCUT2D eigenvalue weighted by molar-refractivity contribution is 0.689. The van der Waals surface area contributed by atoms with E-state index >= 15 is 0 Å². The van der Waals surface area contributed by atoms with E-state index in [-0.39, 0.29) is 0 Å². The third-order valence-corrected chi connectivity index (χ3v) is 5.77. The molecule has 4 heteroatoms. The van der Waals surface area contributed by atoms with Crippen LogP contribution in [0.5, 0.6) is 0 Å². The largest absolute Gasteiger partial charge is 0.360 e. The van der Waals surface area contributed by atoms with Crippen LogP contribution >= 0.6 is 0 Å². The molecule has 1 aliphatic carbocycles. The van der Waals surface area contributed by atoms with E-state index in [2.05, 4.69) is 39.2 Å². The molecule has 4 heterocycles. The topological polar surface area (TPSA) is 53.9 Å². The zero-order valence-corrected chi connectivity index (χ0v) is 14.4. The SMILES string of the molecule is C1=NCc2ccc(-c3nc4ncc5[nH]ccc5c4c4c3CCCC4)cc21. The number of fused-ring (bicyclic) bond motifs is 6. The Hall–Kier alpha value is -3.01. The molecule has 1 aromatic carbocycles. The van der Waals surface area contributed by atoms with Gasteiger partial charge in [-0.25, -0.2) is 9.97 Å². The van der Waals surface area contributed by atoms with Crippen LogP contribution in [0.3, 0.4) is 0 Å². The first-order valence-electron chi connectivity index (χ1n) is 9.29. The molecule has 0 atom stereocenters. The van der Waals surface area contributed by atoms with Crippen LogP contribution in [0.15, 0.2) is 41.7 Å². The molecule has 26 heavy (non-hydrogen) atoms. The summed E-state index contributed by atoms with van der Waals surface area (Å²) in [5, 5.41) is 2.48. The fraction of sp³-hybridized carbons (Fsp3) is 0.227. The van der Waals surface area contributed by atoms with Crippen molar-refractivity contribution in [2.75, 3.05) is 0 Å². The molecule has 4 aromatic rings. The third kappa shape index (κ3) is 1.93. The highest BCUT2D eigenvalue weighted by molar-refractivity contribution is 6.06. The van der Waals surface area contributed by atoms with Gasteiger partial charge in [0.1, 0.15) is 0 Å². The van der Waals surface area contributed by atoms with Crippen LogP contribution in [-0.4, -0.2) is 21.2 Å². The van der Waals surface area contributed by atoms with E-state index in [1.165, 1.54) is 51.4 Å². The zero-order chi connectivity index (χ0) is 17.1. The Morgan fingerprint density at radius 3 is 2.88 bits per heavy atom. The van der Waals surface area contributed by atoms with Gasteiger partial charge in [0.25, 0.3) is 0 Å². The second kappa shape index (κ2) is 5.24. The van der Waals surface area contributed by atoms with E-state index in [1.54, 1.807) is 0 Å². The van der Waals surface area contributed by atoms with E-state index < -0.39 is 0 Å². The molecule has 0 spiro atoms. The maximum atomic E-state index is 5.04. The van der Waals surface area contributed by atoms with Crippen LogP contribution in [0.2, 0.25) is 0 Å². The van der Waals surface area contributed by atoms with Crippen molar-refractivity contribution in [1.82, 2.24) is 15.0 Å². The minimum Gasteiger partial charge on any atom is -0.360 e. The van der Waals surface area contributed by atoms with Crippen LogP contribution in [0.25, 0.3) is 33.2 Å². The Morgan fingerprint density at radius 2 is 1.92 bits per heavy atom. The van der Waals surface area contributed by atoms with Gasteiger partial charge in [0.15, 0.2) is 5.65 Å². The molecule has 3 aromatic heterocycles. The highest BCUT2D eigenvalue weighted by atomic mass is 14.9. The van der Waals surface area contributed by atoms with Crippen LogP contribution < -0.4 is 0 Å². The molecule has 126 valence electrons. The van der Waals surface area contributed by atoms with Crippen molar-refractivity contribution in [3.8, 4) is 11.3 Å². The maximum Gasteiger partial charge on any atom is 0.160 e. The summed E-state index contributed by atoms with van der Waals surface area (Å²) in [5.74, 6) is 0. The van der Waals surface area contributed by atoms with Crippen molar-refractivity contribution >= 4 is 28.2 Å². The van der Waals surface area contributed by atoms with E-state index in [4.69, 9.17) is 4.98 Å². The predicted molar refractivity (Wildman–Crippen MR) is 105 cm³/mol. The number of H-pyrrole nitrogens is 1. The summed E-state index contributed by atoms with van der Waals surface area (Å²) in [4.78, 5) is 17.4. The van der Waals surface area contributed by atoms with Crippen LogP contribution in [0, 0.1) is 0 Å². The van der Waals surface area contributed by atoms with Crippen LogP contribution in [-0.2, 0) is 19.4 Å². The molecule has 0 amide bonds. The Kier molecular flexibility index (Phi) is 2.86. The summed E-state index contributed by atoms with van der Waals surface area (Å²) in [7, 11) is 0. The number of pyridine rings is 2. The molecule has 0 saturated carbocycles. The first kappa shape index (κ1) is 14.2.